The number of hydrogen-bond acceptors (Lipinski definition) is 6. The highest BCUT2D eigenvalue weighted by atomic mass is 16.7. The average Bonchev–Trinajstić information content (AvgIpc) is 2.84. The first-order valence-corrected chi connectivity index (χ1v) is 5.83. The van der Waals surface area contributed by atoms with Crippen molar-refractivity contribution in [2.24, 2.45) is 11.0 Å². The van der Waals surface area contributed by atoms with E-state index in [0.717, 1.165) is 0 Å². The molecule has 2 heterocycles. The molecule has 2 aliphatic rings. The van der Waals surface area contributed by atoms with Gasteiger partial charge in [0.25, 0.3) is 0 Å². The van der Waals surface area contributed by atoms with E-state index in [4.69, 9.17) is 14.2 Å². The number of ether oxygens (including phenoxy) is 3. The summed E-state index contributed by atoms with van der Waals surface area (Å²) >= 11 is 0. The lowest BCUT2D eigenvalue weighted by Crippen LogP contribution is -2.37. The SMILES string of the molecule is CCOC(=O)C1=NNC[C@H]1[C@H]1COC(C)(C)O1. The monoisotopic (exact) mass is 242 g/mol. The highest BCUT2D eigenvalue weighted by Crippen LogP contribution is 2.28. The molecule has 0 aromatic carbocycles. The Balaban J connectivity index is 2.02. The number of nitrogens with zero attached hydrogens (tertiary/aromatic N) is 1. The highest BCUT2D eigenvalue weighted by molar-refractivity contribution is 6.37. The van der Waals surface area contributed by atoms with Gasteiger partial charge in [0.15, 0.2) is 11.5 Å². The highest BCUT2D eigenvalue weighted by Gasteiger charge is 2.43. The van der Waals surface area contributed by atoms with E-state index in [1.54, 1.807) is 6.92 Å². The van der Waals surface area contributed by atoms with Gasteiger partial charge in [0.05, 0.1) is 25.2 Å². The standard InChI is InChI=1S/C11H18N2O4/c1-4-15-10(14)9-7(5-12-13-9)8-6-16-11(2,3)17-8/h7-8,12H,4-6H2,1-3H3/t7-,8+/m0/s1. The van der Waals surface area contributed by atoms with Gasteiger partial charge in [-0.2, -0.15) is 5.10 Å². The molecule has 0 aromatic heterocycles. The van der Waals surface area contributed by atoms with Crippen molar-refractivity contribution in [2.45, 2.75) is 32.7 Å². The van der Waals surface area contributed by atoms with E-state index < -0.39 is 5.79 Å². The van der Waals surface area contributed by atoms with Crippen LogP contribution in [0.2, 0.25) is 0 Å². The van der Waals surface area contributed by atoms with Gasteiger partial charge in [-0.25, -0.2) is 4.79 Å². The third-order valence-corrected chi connectivity index (χ3v) is 2.83. The van der Waals surface area contributed by atoms with Gasteiger partial charge in [0.1, 0.15) is 0 Å². The summed E-state index contributed by atoms with van der Waals surface area (Å²) in [6.45, 7) is 6.88. The van der Waals surface area contributed by atoms with E-state index in [2.05, 4.69) is 10.5 Å². The number of nitrogens with one attached hydrogen (secondary N) is 1. The van der Waals surface area contributed by atoms with Gasteiger partial charge >= 0.3 is 5.97 Å². The second-order valence-electron chi connectivity index (χ2n) is 4.55. The maximum absolute atomic E-state index is 11.7. The maximum Gasteiger partial charge on any atom is 0.354 e. The van der Waals surface area contributed by atoms with E-state index in [-0.39, 0.29) is 18.0 Å². The van der Waals surface area contributed by atoms with Crippen LogP contribution in [0.5, 0.6) is 0 Å². The minimum Gasteiger partial charge on any atom is -0.461 e. The molecule has 0 amide bonds. The third-order valence-electron chi connectivity index (χ3n) is 2.83. The fourth-order valence-electron chi connectivity index (χ4n) is 2.03. The first-order chi connectivity index (χ1) is 8.03. The zero-order chi connectivity index (χ0) is 12.5. The van der Waals surface area contributed by atoms with Crippen molar-refractivity contribution in [3.05, 3.63) is 0 Å². The summed E-state index contributed by atoms with van der Waals surface area (Å²) in [5.41, 5.74) is 3.22. The van der Waals surface area contributed by atoms with E-state index >= 15 is 0 Å². The van der Waals surface area contributed by atoms with Crippen molar-refractivity contribution in [1.82, 2.24) is 5.43 Å². The summed E-state index contributed by atoms with van der Waals surface area (Å²) in [6.07, 6.45) is -0.150. The van der Waals surface area contributed by atoms with Crippen LogP contribution >= 0.6 is 0 Å². The first kappa shape index (κ1) is 12.3. The van der Waals surface area contributed by atoms with Crippen molar-refractivity contribution in [3.63, 3.8) is 0 Å². The van der Waals surface area contributed by atoms with Gasteiger partial charge in [-0.3, -0.25) is 0 Å². The van der Waals surface area contributed by atoms with E-state index in [1.807, 2.05) is 13.8 Å². The van der Waals surface area contributed by atoms with Crippen LogP contribution in [0.4, 0.5) is 0 Å². The Bertz CT molecular complexity index is 340. The second kappa shape index (κ2) is 4.62. The maximum atomic E-state index is 11.7. The summed E-state index contributed by atoms with van der Waals surface area (Å²) in [7, 11) is 0. The van der Waals surface area contributed by atoms with Crippen LogP contribution in [-0.2, 0) is 19.0 Å². The number of hydrogen-bond donors (Lipinski definition) is 1. The number of carbonyl (C=O) groups excluding carboxylic acids is 1. The van der Waals surface area contributed by atoms with Crippen LogP contribution in [0.1, 0.15) is 20.8 Å². The third kappa shape index (κ3) is 2.58. The molecule has 17 heavy (non-hydrogen) atoms. The van der Waals surface area contributed by atoms with E-state index in [9.17, 15) is 4.79 Å². The van der Waals surface area contributed by atoms with E-state index in [1.165, 1.54) is 0 Å². The lowest BCUT2D eigenvalue weighted by Gasteiger charge is -2.20. The largest absolute Gasteiger partial charge is 0.461 e. The van der Waals surface area contributed by atoms with Crippen molar-refractivity contribution in [3.8, 4) is 0 Å². The van der Waals surface area contributed by atoms with Gasteiger partial charge in [-0.1, -0.05) is 0 Å². The molecular formula is C11H18N2O4. The topological polar surface area (TPSA) is 69.2 Å². The molecule has 0 unspecified atom stereocenters. The fourth-order valence-corrected chi connectivity index (χ4v) is 2.03. The van der Waals surface area contributed by atoms with Crippen LogP contribution < -0.4 is 5.43 Å². The summed E-state index contributed by atoms with van der Waals surface area (Å²) < 4.78 is 16.2. The number of hydrazone groups is 1. The van der Waals surface area contributed by atoms with Gasteiger partial charge in [-0.15, -0.1) is 0 Å². The van der Waals surface area contributed by atoms with E-state index in [0.29, 0.717) is 25.5 Å². The lowest BCUT2D eigenvalue weighted by atomic mass is 9.98. The quantitative estimate of drug-likeness (QED) is 0.720. The zero-order valence-electron chi connectivity index (χ0n) is 10.4. The van der Waals surface area contributed by atoms with Crippen molar-refractivity contribution in [1.29, 1.82) is 0 Å². The van der Waals surface area contributed by atoms with Gasteiger partial charge < -0.3 is 19.6 Å². The number of esters is 1. The molecule has 96 valence electrons. The average molecular weight is 242 g/mol. The number of carbonyl (C=O) groups is 1. The number of rotatable bonds is 3. The molecule has 2 aliphatic heterocycles. The Morgan fingerprint density at radius 3 is 3.00 bits per heavy atom. The first-order valence-electron chi connectivity index (χ1n) is 5.83. The Labute approximate surface area is 100 Å². The molecule has 0 aliphatic carbocycles. The van der Waals surface area contributed by atoms with Gasteiger partial charge in [-0.05, 0) is 20.8 Å². The lowest BCUT2D eigenvalue weighted by molar-refractivity contribution is -0.143. The predicted octanol–water partition coefficient (Wildman–Crippen LogP) is 0.276. The smallest absolute Gasteiger partial charge is 0.354 e. The predicted molar refractivity (Wildman–Crippen MR) is 60.5 cm³/mol. The Morgan fingerprint density at radius 1 is 1.65 bits per heavy atom. The van der Waals surface area contributed by atoms with Crippen molar-refractivity contribution in [2.75, 3.05) is 19.8 Å². The molecule has 0 bridgehead atoms. The molecule has 1 saturated heterocycles. The van der Waals surface area contributed by atoms with Gasteiger partial charge in [0, 0.05) is 6.54 Å². The van der Waals surface area contributed by atoms with Crippen LogP contribution in [0.15, 0.2) is 5.10 Å². The van der Waals surface area contributed by atoms with Crippen molar-refractivity contribution >= 4 is 11.7 Å². The molecule has 0 saturated carbocycles. The summed E-state index contributed by atoms with van der Waals surface area (Å²) in [6, 6.07) is 0. The zero-order valence-corrected chi connectivity index (χ0v) is 10.4. The molecule has 2 atom stereocenters. The molecule has 6 nitrogen and oxygen atoms in total. The van der Waals surface area contributed by atoms with Crippen LogP contribution in [0.25, 0.3) is 0 Å². The van der Waals surface area contributed by atoms with Gasteiger partial charge in [0.2, 0.25) is 0 Å². The fraction of sp³-hybridized carbons (Fsp3) is 0.818. The minimum atomic E-state index is -0.590. The summed E-state index contributed by atoms with van der Waals surface area (Å²) in [5.74, 6) is -1.07. The molecule has 0 aromatic rings. The van der Waals surface area contributed by atoms with Crippen LogP contribution in [0.3, 0.4) is 0 Å². The minimum absolute atomic E-state index is 0.101. The molecule has 6 heteroatoms. The molecule has 0 spiro atoms. The molecule has 0 radical (unpaired) electrons. The Morgan fingerprint density at radius 2 is 2.41 bits per heavy atom. The molecule has 2 rings (SSSR count). The Kier molecular flexibility index (Phi) is 3.35. The molecule has 1 N–H and O–H groups in total. The van der Waals surface area contributed by atoms with Crippen LogP contribution in [0, 0.1) is 5.92 Å². The van der Waals surface area contributed by atoms with Crippen LogP contribution in [-0.4, -0.2) is 43.3 Å². The normalized spacial score (nSPS) is 30.9. The molecular weight excluding hydrogens is 224 g/mol. The summed E-state index contributed by atoms with van der Waals surface area (Å²) in [5, 5.41) is 3.98. The molecule has 1 fully saturated rings. The Hall–Kier alpha value is -1.14. The summed E-state index contributed by atoms with van der Waals surface area (Å²) in [4.78, 5) is 11.7. The second-order valence-corrected chi connectivity index (χ2v) is 4.55. The van der Waals surface area contributed by atoms with Crippen molar-refractivity contribution < 1.29 is 19.0 Å².